The molecule has 0 aliphatic rings. The van der Waals surface area contributed by atoms with Crippen molar-refractivity contribution in [2.24, 2.45) is 0 Å². The predicted octanol–water partition coefficient (Wildman–Crippen LogP) is 1.98. The van der Waals surface area contributed by atoms with Gasteiger partial charge in [0.15, 0.2) is 5.65 Å². The Bertz CT molecular complexity index is 513. The summed E-state index contributed by atoms with van der Waals surface area (Å²) in [6, 6.07) is 4.62. The van der Waals surface area contributed by atoms with Crippen molar-refractivity contribution in [2.45, 2.75) is 0 Å². The molecule has 5 heteroatoms. The Labute approximate surface area is 84.2 Å². The second kappa shape index (κ2) is 3.23. The number of carbonyl (C=O) groups is 1. The molecule has 0 atom stereocenters. The molecule has 0 aromatic carbocycles. The highest BCUT2D eigenvalue weighted by Gasteiger charge is 2.10. The summed E-state index contributed by atoms with van der Waals surface area (Å²) in [5.41, 5.74) is 0.463. The van der Waals surface area contributed by atoms with E-state index in [0.717, 1.165) is 0 Å². The first-order chi connectivity index (χ1) is 6.68. The van der Waals surface area contributed by atoms with Crippen LogP contribution in [0.5, 0.6) is 0 Å². The van der Waals surface area contributed by atoms with Gasteiger partial charge in [-0.2, -0.15) is 0 Å². The van der Waals surface area contributed by atoms with Crippen molar-refractivity contribution in [2.75, 3.05) is 0 Å². The van der Waals surface area contributed by atoms with Gasteiger partial charge < -0.3 is 5.11 Å². The predicted molar refractivity (Wildman–Crippen MR) is 51.5 cm³/mol. The van der Waals surface area contributed by atoms with E-state index in [-0.39, 0.29) is 10.7 Å². The van der Waals surface area contributed by atoms with Gasteiger partial charge in [0.1, 0.15) is 5.15 Å². The van der Waals surface area contributed by atoms with Gasteiger partial charge in [0.25, 0.3) is 0 Å². The quantitative estimate of drug-likeness (QED) is 0.728. The third-order valence-corrected chi connectivity index (χ3v) is 1.98. The minimum atomic E-state index is -1.03. The molecule has 0 radical (unpaired) electrons. The summed E-state index contributed by atoms with van der Waals surface area (Å²) in [4.78, 5) is 18.7. The highest BCUT2D eigenvalue weighted by Crippen LogP contribution is 2.18. The van der Waals surface area contributed by atoms with Crippen LogP contribution < -0.4 is 0 Å². The summed E-state index contributed by atoms with van der Waals surface area (Å²) >= 11 is 5.65. The zero-order chi connectivity index (χ0) is 10.1. The number of rotatable bonds is 1. The fourth-order valence-corrected chi connectivity index (χ4v) is 1.39. The van der Waals surface area contributed by atoms with E-state index in [1.54, 1.807) is 12.1 Å². The lowest BCUT2D eigenvalue weighted by molar-refractivity contribution is 0.0699. The van der Waals surface area contributed by atoms with E-state index in [4.69, 9.17) is 16.7 Å². The van der Waals surface area contributed by atoms with Crippen LogP contribution in [0.4, 0.5) is 0 Å². The molecule has 0 spiro atoms. The van der Waals surface area contributed by atoms with Gasteiger partial charge >= 0.3 is 5.97 Å². The Morgan fingerprint density at radius 3 is 3.00 bits per heavy atom. The molecule has 0 bridgehead atoms. The van der Waals surface area contributed by atoms with Gasteiger partial charge in [0.2, 0.25) is 0 Å². The lowest BCUT2D eigenvalue weighted by Gasteiger charge is -2.00. The Hall–Kier alpha value is -1.68. The molecule has 0 unspecified atom stereocenters. The number of nitrogens with zero attached hydrogens (tertiary/aromatic N) is 2. The zero-order valence-electron chi connectivity index (χ0n) is 6.94. The summed E-state index contributed by atoms with van der Waals surface area (Å²) in [7, 11) is 0. The van der Waals surface area contributed by atoms with E-state index < -0.39 is 5.97 Å². The number of halogens is 1. The third kappa shape index (κ3) is 1.40. The average Bonchev–Trinajstić information content (AvgIpc) is 2.16. The van der Waals surface area contributed by atoms with Gasteiger partial charge in [-0.1, -0.05) is 11.6 Å². The largest absolute Gasteiger partial charge is 0.478 e. The van der Waals surface area contributed by atoms with Crippen LogP contribution in [-0.4, -0.2) is 21.0 Å². The monoisotopic (exact) mass is 208 g/mol. The van der Waals surface area contributed by atoms with E-state index in [9.17, 15) is 4.79 Å². The second-order valence-corrected chi connectivity index (χ2v) is 3.06. The van der Waals surface area contributed by atoms with Gasteiger partial charge in [0, 0.05) is 11.6 Å². The SMILES string of the molecule is O=C(O)c1cc(Cl)nc2ncccc12. The van der Waals surface area contributed by atoms with Gasteiger partial charge in [-0.15, -0.1) is 0 Å². The Morgan fingerprint density at radius 2 is 2.29 bits per heavy atom. The number of aromatic nitrogens is 2. The molecule has 2 heterocycles. The number of aromatic carboxylic acids is 1. The lowest BCUT2D eigenvalue weighted by atomic mass is 10.1. The highest BCUT2D eigenvalue weighted by molar-refractivity contribution is 6.30. The fraction of sp³-hybridized carbons (Fsp3) is 0. The maximum atomic E-state index is 10.9. The number of fused-ring (bicyclic) bond motifs is 1. The molecule has 4 nitrogen and oxygen atoms in total. The number of pyridine rings is 2. The van der Waals surface area contributed by atoms with Crippen molar-refractivity contribution >= 4 is 28.6 Å². The van der Waals surface area contributed by atoms with Crippen molar-refractivity contribution in [1.82, 2.24) is 9.97 Å². The molecule has 0 amide bonds. The van der Waals surface area contributed by atoms with Crippen molar-refractivity contribution in [3.8, 4) is 0 Å². The summed E-state index contributed by atoms with van der Waals surface area (Å²) in [6.07, 6.45) is 1.54. The maximum Gasteiger partial charge on any atom is 0.336 e. The van der Waals surface area contributed by atoms with Crippen molar-refractivity contribution < 1.29 is 9.90 Å². The van der Waals surface area contributed by atoms with Gasteiger partial charge in [-0.3, -0.25) is 0 Å². The first kappa shape index (κ1) is 8.90. The highest BCUT2D eigenvalue weighted by atomic mass is 35.5. The first-order valence-corrected chi connectivity index (χ1v) is 4.21. The fourth-order valence-electron chi connectivity index (χ4n) is 1.20. The van der Waals surface area contributed by atoms with Crippen molar-refractivity contribution in [1.29, 1.82) is 0 Å². The number of hydrogen-bond acceptors (Lipinski definition) is 3. The molecule has 14 heavy (non-hydrogen) atoms. The molecule has 0 aliphatic heterocycles. The molecule has 0 fully saturated rings. The van der Waals surface area contributed by atoms with Crippen LogP contribution in [0.2, 0.25) is 5.15 Å². The van der Waals surface area contributed by atoms with Gasteiger partial charge in [-0.05, 0) is 18.2 Å². The summed E-state index contributed by atoms with van der Waals surface area (Å²) in [6.45, 7) is 0. The third-order valence-electron chi connectivity index (χ3n) is 1.78. The minimum absolute atomic E-state index is 0.119. The molecule has 2 rings (SSSR count). The second-order valence-electron chi connectivity index (χ2n) is 2.67. The van der Waals surface area contributed by atoms with Crippen LogP contribution in [-0.2, 0) is 0 Å². The molecule has 1 N–H and O–H groups in total. The zero-order valence-corrected chi connectivity index (χ0v) is 7.69. The van der Waals surface area contributed by atoms with Gasteiger partial charge in [-0.25, -0.2) is 14.8 Å². The number of carboxylic acids is 1. The molecule has 0 aliphatic carbocycles. The minimum Gasteiger partial charge on any atom is -0.478 e. The summed E-state index contributed by atoms with van der Waals surface area (Å²) in [5, 5.41) is 9.52. The Morgan fingerprint density at radius 1 is 1.50 bits per heavy atom. The molecular weight excluding hydrogens is 204 g/mol. The molecule has 0 saturated carbocycles. The summed E-state index contributed by atoms with van der Waals surface area (Å²) < 4.78 is 0. The molecule has 2 aromatic heterocycles. The van der Waals surface area contributed by atoms with Crippen LogP contribution >= 0.6 is 11.6 Å². The van der Waals surface area contributed by atoms with E-state index >= 15 is 0 Å². The average molecular weight is 209 g/mol. The smallest absolute Gasteiger partial charge is 0.336 e. The van der Waals surface area contributed by atoms with Crippen LogP contribution in [0.25, 0.3) is 11.0 Å². The Kier molecular flexibility index (Phi) is 2.05. The number of carboxylic acid groups (broad SMARTS) is 1. The number of hydrogen-bond donors (Lipinski definition) is 1. The maximum absolute atomic E-state index is 10.9. The first-order valence-electron chi connectivity index (χ1n) is 3.83. The van der Waals surface area contributed by atoms with E-state index in [0.29, 0.717) is 11.0 Å². The standard InChI is InChI=1S/C9H5ClN2O2/c10-7-4-6(9(13)14)5-2-1-3-11-8(5)12-7/h1-4H,(H,13,14). The van der Waals surface area contributed by atoms with Crippen LogP contribution in [0, 0.1) is 0 Å². The van der Waals surface area contributed by atoms with Gasteiger partial charge in [0.05, 0.1) is 5.56 Å². The Balaban J connectivity index is 2.87. The van der Waals surface area contributed by atoms with Crippen molar-refractivity contribution in [3.05, 3.63) is 35.1 Å². The van der Waals surface area contributed by atoms with Crippen molar-refractivity contribution in [3.63, 3.8) is 0 Å². The van der Waals surface area contributed by atoms with Crippen LogP contribution in [0.15, 0.2) is 24.4 Å². The molecule has 70 valence electrons. The lowest BCUT2D eigenvalue weighted by Crippen LogP contribution is -1.99. The van der Waals surface area contributed by atoms with Crippen LogP contribution in [0.3, 0.4) is 0 Å². The molecule has 2 aromatic rings. The van der Waals surface area contributed by atoms with E-state index in [1.165, 1.54) is 12.3 Å². The normalized spacial score (nSPS) is 10.4. The molecule has 0 saturated heterocycles. The topological polar surface area (TPSA) is 63.1 Å². The summed E-state index contributed by atoms with van der Waals surface area (Å²) in [5.74, 6) is -1.03. The van der Waals surface area contributed by atoms with E-state index in [1.807, 2.05) is 0 Å². The van der Waals surface area contributed by atoms with E-state index in [2.05, 4.69) is 9.97 Å². The molecular formula is C9H5ClN2O2. The van der Waals surface area contributed by atoms with Crippen LogP contribution in [0.1, 0.15) is 10.4 Å².